The first-order valence-corrected chi connectivity index (χ1v) is 9.22. The Kier molecular flexibility index (Phi) is 4.91. The zero-order valence-corrected chi connectivity index (χ0v) is 16.4. The monoisotopic (exact) mass is 431 g/mol. The van der Waals surface area contributed by atoms with Gasteiger partial charge < -0.3 is 5.32 Å². The van der Waals surface area contributed by atoms with E-state index in [9.17, 15) is 22.8 Å². The van der Waals surface area contributed by atoms with Gasteiger partial charge in [0.2, 0.25) is 5.91 Å². The number of rotatable bonds is 4. The minimum atomic E-state index is -4.55. The standard InChI is InChI=1S/C19H16F3N7O2/c1-10(2)17-13-7-11(19(20,21)22)3-4-12(13)18(31)28(27-17)8-16(30)24-14-5-6-15-25-23-9-29(15)26-14/h3-7,9-10H,8H2,1-2H3,(H,24,26,30). The molecule has 1 amide bonds. The Morgan fingerprint density at radius 3 is 2.61 bits per heavy atom. The predicted molar refractivity (Wildman–Crippen MR) is 105 cm³/mol. The van der Waals surface area contributed by atoms with E-state index in [0.717, 1.165) is 22.9 Å². The third-order valence-electron chi connectivity index (χ3n) is 4.59. The summed E-state index contributed by atoms with van der Waals surface area (Å²) >= 11 is 0. The Labute approximate surface area is 172 Å². The molecule has 3 heterocycles. The normalized spacial score (nSPS) is 12.1. The molecule has 0 bridgehead atoms. The van der Waals surface area contributed by atoms with E-state index in [2.05, 4.69) is 25.7 Å². The van der Waals surface area contributed by atoms with Crippen LogP contribution in [0, 0.1) is 0 Å². The molecule has 4 aromatic rings. The number of nitrogens with one attached hydrogen (secondary N) is 1. The topological polar surface area (TPSA) is 107 Å². The third kappa shape index (κ3) is 3.96. The molecule has 0 aliphatic carbocycles. The Balaban J connectivity index is 1.68. The van der Waals surface area contributed by atoms with Crippen LogP contribution in [0.3, 0.4) is 0 Å². The molecular weight excluding hydrogens is 415 g/mol. The molecule has 1 aromatic carbocycles. The summed E-state index contributed by atoms with van der Waals surface area (Å²) in [5.41, 5.74) is -0.748. The molecule has 31 heavy (non-hydrogen) atoms. The van der Waals surface area contributed by atoms with Crippen molar-refractivity contribution in [3.05, 3.63) is 58.3 Å². The van der Waals surface area contributed by atoms with Gasteiger partial charge in [-0.15, -0.1) is 15.3 Å². The number of nitrogens with zero attached hydrogens (tertiary/aromatic N) is 6. The Hall–Kier alpha value is -3.83. The van der Waals surface area contributed by atoms with Gasteiger partial charge in [0.05, 0.1) is 16.6 Å². The van der Waals surface area contributed by atoms with Gasteiger partial charge in [0, 0.05) is 5.39 Å². The second-order valence-electron chi connectivity index (χ2n) is 7.16. The van der Waals surface area contributed by atoms with Crippen LogP contribution in [-0.4, -0.2) is 35.5 Å². The molecule has 0 saturated carbocycles. The number of carbonyl (C=O) groups excluding carboxylic acids is 1. The maximum Gasteiger partial charge on any atom is 0.416 e. The summed E-state index contributed by atoms with van der Waals surface area (Å²) in [6.45, 7) is 3.06. The molecule has 12 heteroatoms. The molecule has 0 aliphatic rings. The van der Waals surface area contributed by atoms with Crippen molar-refractivity contribution in [3.8, 4) is 0 Å². The maximum absolute atomic E-state index is 13.1. The Bertz CT molecular complexity index is 1360. The lowest BCUT2D eigenvalue weighted by molar-refractivity contribution is -0.137. The molecule has 0 saturated heterocycles. The van der Waals surface area contributed by atoms with Crippen LogP contribution in [0.5, 0.6) is 0 Å². The zero-order chi connectivity index (χ0) is 22.3. The first kappa shape index (κ1) is 20.4. The minimum Gasteiger partial charge on any atom is -0.308 e. The lowest BCUT2D eigenvalue weighted by Crippen LogP contribution is -2.31. The number of halogens is 3. The van der Waals surface area contributed by atoms with Gasteiger partial charge in [-0.25, -0.2) is 4.68 Å². The largest absolute Gasteiger partial charge is 0.416 e. The van der Waals surface area contributed by atoms with E-state index in [1.54, 1.807) is 19.9 Å². The van der Waals surface area contributed by atoms with Crippen LogP contribution in [0.4, 0.5) is 19.0 Å². The van der Waals surface area contributed by atoms with Crippen LogP contribution >= 0.6 is 0 Å². The fraction of sp³-hybridized carbons (Fsp3) is 0.263. The minimum absolute atomic E-state index is 0.0588. The maximum atomic E-state index is 13.1. The number of anilines is 1. The molecule has 0 atom stereocenters. The summed E-state index contributed by atoms with van der Waals surface area (Å²) in [5, 5.41) is 18.5. The van der Waals surface area contributed by atoms with Crippen LogP contribution in [0.25, 0.3) is 16.4 Å². The number of hydrogen-bond acceptors (Lipinski definition) is 6. The van der Waals surface area contributed by atoms with Crippen LogP contribution in [-0.2, 0) is 17.5 Å². The fourth-order valence-corrected chi connectivity index (χ4v) is 3.13. The smallest absolute Gasteiger partial charge is 0.308 e. The van der Waals surface area contributed by atoms with Crippen molar-refractivity contribution >= 4 is 28.1 Å². The number of carbonyl (C=O) groups is 1. The molecule has 0 aliphatic heterocycles. The summed E-state index contributed by atoms with van der Waals surface area (Å²) in [5.74, 6) is -0.640. The van der Waals surface area contributed by atoms with E-state index >= 15 is 0 Å². The molecule has 9 nitrogen and oxygen atoms in total. The van der Waals surface area contributed by atoms with Gasteiger partial charge >= 0.3 is 6.18 Å². The zero-order valence-electron chi connectivity index (χ0n) is 16.4. The quantitative estimate of drug-likeness (QED) is 0.532. The lowest BCUT2D eigenvalue weighted by Gasteiger charge is -2.15. The summed E-state index contributed by atoms with van der Waals surface area (Å²) in [6.07, 6.45) is -3.18. The number of alkyl halides is 3. The van der Waals surface area contributed by atoms with Crippen molar-refractivity contribution in [2.24, 2.45) is 0 Å². The highest BCUT2D eigenvalue weighted by Gasteiger charge is 2.31. The van der Waals surface area contributed by atoms with Crippen molar-refractivity contribution in [2.45, 2.75) is 32.5 Å². The molecule has 4 rings (SSSR count). The van der Waals surface area contributed by atoms with E-state index in [-0.39, 0.29) is 28.2 Å². The highest BCUT2D eigenvalue weighted by Crippen LogP contribution is 2.32. The van der Waals surface area contributed by atoms with Crippen molar-refractivity contribution in [1.29, 1.82) is 0 Å². The summed E-state index contributed by atoms with van der Waals surface area (Å²) in [4.78, 5) is 25.3. The van der Waals surface area contributed by atoms with Crippen LogP contribution in [0.15, 0.2) is 41.5 Å². The van der Waals surface area contributed by atoms with Gasteiger partial charge in [-0.2, -0.15) is 22.8 Å². The number of aromatic nitrogens is 6. The van der Waals surface area contributed by atoms with Gasteiger partial charge in [-0.3, -0.25) is 9.59 Å². The second kappa shape index (κ2) is 7.45. The van der Waals surface area contributed by atoms with E-state index in [1.165, 1.54) is 16.9 Å². The molecule has 1 N–H and O–H groups in total. The number of amides is 1. The highest BCUT2D eigenvalue weighted by atomic mass is 19.4. The third-order valence-corrected chi connectivity index (χ3v) is 4.59. The van der Waals surface area contributed by atoms with Crippen LogP contribution in [0.2, 0.25) is 0 Å². The van der Waals surface area contributed by atoms with E-state index in [1.807, 2.05) is 0 Å². The van der Waals surface area contributed by atoms with Crippen molar-refractivity contribution in [2.75, 3.05) is 5.32 Å². The van der Waals surface area contributed by atoms with Crippen molar-refractivity contribution in [1.82, 2.24) is 29.6 Å². The second-order valence-corrected chi connectivity index (χ2v) is 7.16. The summed E-state index contributed by atoms with van der Waals surface area (Å²) in [7, 11) is 0. The van der Waals surface area contributed by atoms with Gasteiger partial charge in [0.1, 0.15) is 12.9 Å². The molecule has 3 aromatic heterocycles. The lowest BCUT2D eigenvalue weighted by atomic mass is 10.0. The fourth-order valence-electron chi connectivity index (χ4n) is 3.13. The number of benzene rings is 1. The Morgan fingerprint density at radius 1 is 1.13 bits per heavy atom. The van der Waals surface area contributed by atoms with Crippen molar-refractivity contribution in [3.63, 3.8) is 0 Å². The summed E-state index contributed by atoms with van der Waals surface area (Å²) < 4.78 is 41.6. The molecule has 160 valence electrons. The average Bonchev–Trinajstić information content (AvgIpc) is 3.16. The average molecular weight is 431 g/mol. The van der Waals surface area contributed by atoms with Crippen molar-refractivity contribution < 1.29 is 18.0 Å². The molecule has 0 spiro atoms. The van der Waals surface area contributed by atoms with Gasteiger partial charge in [-0.05, 0) is 36.2 Å². The van der Waals surface area contributed by atoms with Crippen LogP contribution < -0.4 is 10.9 Å². The summed E-state index contributed by atoms with van der Waals surface area (Å²) in [6, 6.07) is 6.00. The van der Waals surface area contributed by atoms with E-state index < -0.39 is 29.8 Å². The van der Waals surface area contributed by atoms with Gasteiger partial charge in [0.25, 0.3) is 5.56 Å². The SMILES string of the molecule is CC(C)c1nn(CC(=O)Nc2ccc3nncn3n2)c(=O)c2ccc(C(F)(F)F)cc12. The van der Waals surface area contributed by atoms with Crippen LogP contribution in [0.1, 0.15) is 31.0 Å². The van der Waals surface area contributed by atoms with Gasteiger partial charge in [-0.1, -0.05) is 13.8 Å². The number of fused-ring (bicyclic) bond motifs is 2. The van der Waals surface area contributed by atoms with E-state index in [4.69, 9.17) is 0 Å². The first-order chi connectivity index (χ1) is 14.6. The number of hydrogen-bond donors (Lipinski definition) is 1. The predicted octanol–water partition coefficient (Wildman–Crippen LogP) is 2.62. The first-order valence-electron chi connectivity index (χ1n) is 9.22. The molecule has 0 radical (unpaired) electrons. The van der Waals surface area contributed by atoms with E-state index in [0.29, 0.717) is 5.65 Å². The molecule has 0 fully saturated rings. The Morgan fingerprint density at radius 2 is 1.90 bits per heavy atom. The highest BCUT2D eigenvalue weighted by molar-refractivity contribution is 5.90. The molecule has 0 unspecified atom stereocenters. The van der Waals surface area contributed by atoms with Gasteiger partial charge in [0.15, 0.2) is 11.5 Å². The molecular formula is C19H16F3N7O2.